The summed E-state index contributed by atoms with van der Waals surface area (Å²) in [5.41, 5.74) is 6.69. The number of anilines is 1. The zero-order chi connectivity index (χ0) is 9.97. The Hall–Kier alpha value is -1.76. The fourth-order valence-electron chi connectivity index (χ4n) is 1.18. The number of aromatic nitrogens is 5. The van der Waals surface area contributed by atoms with E-state index >= 15 is 0 Å². The Bertz CT molecular complexity index is 439. The Morgan fingerprint density at radius 3 is 3.07 bits per heavy atom. The highest BCUT2D eigenvalue weighted by atomic mass is 16.3. The zero-order valence-electron chi connectivity index (χ0n) is 7.46. The second-order valence-corrected chi connectivity index (χ2v) is 2.82. The third kappa shape index (κ3) is 1.37. The molecule has 0 saturated heterocycles. The van der Waals surface area contributed by atoms with Gasteiger partial charge in [-0.05, 0) is 6.42 Å². The van der Waals surface area contributed by atoms with Gasteiger partial charge >= 0.3 is 0 Å². The van der Waals surface area contributed by atoms with E-state index in [1.54, 1.807) is 4.68 Å². The minimum atomic E-state index is 0.113. The smallest absolute Gasteiger partial charge is 0.183 e. The summed E-state index contributed by atoms with van der Waals surface area (Å²) in [6, 6.07) is 0. The van der Waals surface area contributed by atoms with Crippen LogP contribution in [0.3, 0.4) is 0 Å². The summed E-state index contributed by atoms with van der Waals surface area (Å²) in [6.45, 7) is 0.686. The number of nitrogen functional groups attached to an aromatic ring is 1. The largest absolute Gasteiger partial charge is 0.396 e. The molecular formula is C7H10N6O. The Morgan fingerprint density at radius 1 is 1.43 bits per heavy atom. The van der Waals surface area contributed by atoms with Crippen LogP contribution in [0, 0.1) is 0 Å². The van der Waals surface area contributed by atoms with Crippen LogP contribution in [0.15, 0.2) is 6.33 Å². The molecular weight excluding hydrogens is 184 g/mol. The molecule has 7 nitrogen and oxygen atoms in total. The first kappa shape index (κ1) is 8.82. The number of nitrogens with two attached hydrogens (primary N) is 1. The number of aliphatic hydroxyl groups is 1. The van der Waals surface area contributed by atoms with E-state index in [-0.39, 0.29) is 6.61 Å². The van der Waals surface area contributed by atoms with Crippen molar-refractivity contribution in [2.75, 3.05) is 12.3 Å². The van der Waals surface area contributed by atoms with Crippen LogP contribution in [-0.2, 0) is 6.54 Å². The van der Waals surface area contributed by atoms with E-state index in [0.717, 1.165) is 0 Å². The lowest BCUT2D eigenvalue weighted by atomic mass is 10.4. The Morgan fingerprint density at radius 2 is 2.29 bits per heavy atom. The monoisotopic (exact) mass is 194 g/mol. The van der Waals surface area contributed by atoms with Crippen molar-refractivity contribution in [2.45, 2.75) is 13.0 Å². The molecule has 0 fully saturated rings. The van der Waals surface area contributed by atoms with E-state index in [2.05, 4.69) is 20.3 Å². The molecule has 0 aliphatic carbocycles. The predicted molar refractivity (Wildman–Crippen MR) is 49.2 cm³/mol. The van der Waals surface area contributed by atoms with Gasteiger partial charge in [-0.25, -0.2) is 14.6 Å². The van der Waals surface area contributed by atoms with Gasteiger partial charge in [-0.15, -0.1) is 5.10 Å². The normalized spacial score (nSPS) is 10.9. The molecule has 14 heavy (non-hydrogen) atoms. The highest BCUT2D eigenvalue weighted by Crippen LogP contribution is 2.12. The molecule has 0 saturated carbocycles. The van der Waals surface area contributed by atoms with E-state index in [0.29, 0.717) is 29.9 Å². The van der Waals surface area contributed by atoms with Crippen molar-refractivity contribution >= 4 is 17.0 Å². The SMILES string of the molecule is Nc1ncnc2c1nnn2CCCO. The van der Waals surface area contributed by atoms with Gasteiger partial charge in [0.05, 0.1) is 0 Å². The van der Waals surface area contributed by atoms with Crippen LogP contribution in [0.4, 0.5) is 5.82 Å². The number of hydrogen-bond donors (Lipinski definition) is 2. The summed E-state index contributed by atoms with van der Waals surface area (Å²) < 4.78 is 1.60. The Labute approximate surface area is 79.6 Å². The van der Waals surface area contributed by atoms with Crippen molar-refractivity contribution in [2.24, 2.45) is 0 Å². The van der Waals surface area contributed by atoms with Gasteiger partial charge in [0.2, 0.25) is 0 Å². The first-order chi connectivity index (χ1) is 6.83. The lowest BCUT2D eigenvalue weighted by molar-refractivity contribution is 0.277. The summed E-state index contributed by atoms with van der Waals surface area (Å²) in [5.74, 6) is 0.324. The van der Waals surface area contributed by atoms with E-state index in [9.17, 15) is 0 Å². The number of fused-ring (bicyclic) bond motifs is 1. The highest BCUT2D eigenvalue weighted by molar-refractivity contribution is 5.80. The third-order valence-corrected chi connectivity index (χ3v) is 1.86. The molecule has 0 radical (unpaired) electrons. The molecule has 2 aromatic rings. The number of rotatable bonds is 3. The average molecular weight is 194 g/mol. The molecule has 0 bridgehead atoms. The Balaban J connectivity index is 2.42. The van der Waals surface area contributed by atoms with Crippen LogP contribution in [0.25, 0.3) is 11.2 Å². The minimum Gasteiger partial charge on any atom is -0.396 e. The van der Waals surface area contributed by atoms with Crippen molar-refractivity contribution in [3.05, 3.63) is 6.33 Å². The number of nitrogens with zero attached hydrogens (tertiary/aromatic N) is 5. The highest BCUT2D eigenvalue weighted by Gasteiger charge is 2.08. The predicted octanol–water partition coefficient (Wildman–Crippen LogP) is -0.814. The van der Waals surface area contributed by atoms with E-state index in [4.69, 9.17) is 10.8 Å². The fraction of sp³-hybridized carbons (Fsp3) is 0.429. The number of aryl methyl sites for hydroxylation is 1. The van der Waals surface area contributed by atoms with Crippen LogP contribution in [0.1, 0.15) is 6.42 Å². The minimum absolute atomic E-state index is 0.113. The van der Waals surface area contributed by atoms with Gasteiger partial charge in [0.1, 0.15) is 6.33 Å². The summed E-state index contributed by atoms with van der Waals surface area (Å²) in [6.07, 6.45) is 1.98. The van der Waals surface area contributed by atoms with Crippen molar-refractivity contribution in [3.8, 4) is 0 Å². The van der Waals surface area contributed by atoms with E-state index in [1.807, 2.05) is 0 Å². The van der Waals surface area contributed by atoms with Crippen LogP contribution >= 0.6 is 0 Å². The maximum absolute atomic E-state index is 8.67. The first-order valence-corrected chi connectivity index (χ1v) is 4.23. The molecule has 2 heterocycles. The van der Waals surface area contributed by atoms with Crippen LogP contribution < -0.4 is 5.73 Å². The van der Waals surface area contributed by atoms with Gasteiger partial charge in [-0.2, -0.15) is 0 Å². The van der Waals surface area contributed by atoms with Gasteiger partial charge in [-0.1, -0.05) is 5.21 Å². The Kier molecular flexibility index (Phi) is 2.23. The molecule has 0 aliphatic heterocycles. The van der Waals surface area contributed by atoms with Gasteiger partial charge in [0.25, 0.3) is 0 Å². The molecule has 2 aromatic heterocycles. The molecule has 7 heteroatoms. The molecule has 0 aliphatic rings. The molecule has 0 amide bonds. The average Bonchev–Trinajstić information content (AvgIpc) is 2.60. The molecule has 0 unspecified atom stereocenters. The van der Waals surface area contributed by atoms with Crippen molar-refractivity contribution in [1.82, 2.24) is 25.0 Å². The number of hydrogen-bond acceptors (Lipinski definition) is 6. The summed E-state index contributed by atoms with van der Waals surface area (Å²) in [7, 11) is 0. The van der Waals surface area contributed by atoms with E-state index in [1.165, 1.54) is 6.33 Å². The zero-order valence-corrected chi connectivity index (χ0v) is 7.46. The molecule has 0 spiro atoms. The standard InChI is InChI=1S/C7H10N6O/c8-6-5-7(10-4-9-6)13(12-11-5)2-1-3-14/h4,14H,1-3H2,(H2,8,9,10). The molecule has 74 valence electrons. The van der Waals surface area contributed by atoms with Gasteiger partial charge in [-0.3, -0.25) is 0 Å². The summed E-state index contributed by atoms with van der Waals surface area (Å²) in [5, 5.41) is 16.4. The van der Waals surface area contributed by atoms with Gasteiger partial charge in [0.15, 0.2) is 17.0 Å². The second-order valence-electron chi connectivity index (χ2n) is 2.82. The lowest BCUT2D eigenvalue weighted by Gasteiger charge is -1.98. The van der Waals surface area contributed by atoms with E-state index < -0.39 is 0 Å². The topological polar surface area (TPSA) is 103 Å². The maximum atomic E-state index is 8.67. The second kappa shape index (κ2) is 3.54. The summed E-state index contributed by atoms with van der Waals surface area (Å²) in [4.78, 5) is 7.82. The van der Waals surface area contributed by atoms with Crippen LogP contribution in [-0.4, -0.2) is 36.7 Å². The first-order valence-electron chi connectivity index (χ1n) is 4.23. The van der Waals surface area contributed by atoms with Crippen LogP contribution in [0.2, 0.25) is 0 Å². The molecule has 3 N–H and O–H groups in total. The molecule has 0 aromatic carbocycles. The quantitative estimate of drug-likeness (QED) is 0.662. The van der Waals surface area contributed by atoms with Gasteiger partial charge in [0, 0.05) is 13.2 Å². The molecule has 2 rings (SSSR count). The van der Waals surface area contributed by atoms with Crippen molar-refractivity contribution in [3.63, 3.8) is 0 Å². The van der Waals surface area contributed by atoms with Crippen molar-refractivity contribution in [1.29, 1.82) is 0 Å². The summed E-state index contributed by atoms with van der Waals surface area (Å²) >= 11 is 0. The molecule has 0 atom stereocenters. The lowest BCUT2D eigenvalue weighted by Crippen LogP contribution is -2.03. The fourth-order valence-corrected chi connectivity index (χ4v) is 1.18. The number of aliphatic hydroxyl groups excluding tert-OH is 1. The van der Waals surface area contributed by atoms with Crippen LogP contribution in [0.5, 0.6) is 0 Å². The maximum Gasteiger partial charge on any atom is 0.183 e. The van der Waals surface area contributed by atoms with Crippen molar-refractivity contribution < 1.29 is 5.11 Å². The third-order valence-electron chi connectivity index (χ3n) is 1.86. The van der Waals surface area contributed by atoms with Gasteiger partial charge < -0.3 is 10.8 Å².